The summed E-state index contributed by atoms with van der Waals surface area (Å²) in [7, 11) is 1.36. The van der Waals surface area contributed by atoms with E-state index in [4.69, 9.17) is 18.5 Å². The number of hydrogen-bond donors (Lipinski definition) is 0. The highest BCUT2D eigenvalue weighted by Gasteiger charge is 2.20. The van der Waals surface area contributed by atoms with Crippen LogP contribution in [0.25, 0.3) is 0 Å². The lowest BCUT2D eigenvalue weighted by Crippen LogP contribution is -2.37. The summed E-state index contributed by atoms with van der Waals surface area (Å²) in [6, 6.07) is 0. The average Bonchev–Trinajstić information content (AvgIpc) is 3.27. The van der Waals surface area contributed by atoms with Gasteiger partial charge in [0, 0.05) is 13.0 Å². The fourth-order valence-corrected chi connectivity index (χ4v) is 8.70. The third-order valence-electron chi connectivity index (χ3n) is 12.2. The van der Waals surface area contributed by atoms with Gasteiger partial charge in [-0.3, -0.25) is 9.36 Å². The molecule has 9 heteroatoms. The second-order valence-electron chi connectivity index (χ2n) is 19.9. The lowest BCUT2D eigenvalue weighted by atomic mass is 10.0. The van der Waals surface area contributed by atoms with Crippen LogP contribution in [0.3, 0.4) is 0 Å². The predicted octanol–water partition coefficient (Wildman–Crippen LogP) is 16.7. The molecule has 2 atom stereocenters. The highest BCUT2D eigenvalue weighted by molar-refractivity contribution is 7.45. The summed E-state index contributed by atoms with van der Waals surface area (Å²) in [6.07, 6.45) is 60.5. The number of hydrogen-bond acceptors (Lipinski definition) is 7. The maximum atomic E-state index is 12.8. The molecule has 0 N–H and O–H groups in total. The summed E-state index contributed by atoms with van der Waals surface area (Å²) < 4.78 is 34.8. The predicted molar refractivity (Wildman–Crippen MR) is 277 cm³/mol. The van der Waals surface area contributed by atoms with Crippen molar-refractivity contribution in [3.63, 3.8) is 0 Å². The molecule has 0 rings (SSSR count). The Labute approximate surface area is 404 Å². The summed E-state index contributed by atoms with van der Waals surface area (Å²) in [4.78, 5) is 25.2. The molecule has 0 aromatic carbocycles. The molecule has 0 saturated heterocycles. The number of phosphoric ester groups is 1. The van der Waals surface area contributed by atoms with Crippen LogP contribution in [0.5, 0.6) is 0 Å². The van der Waals surface area contributed by atoms with Gasteiger partial charge >= 0.3 is 5.97 Å². The Kier molecular flexibility index (Phi) is 48.2. The third-order valence-corrected chi connectivity index (χ3v) is 13.2. The first-order valence-electron chi connectivity index (χ1n) is 27.7. The van der Waals surface area contributed by atoms with E-state index < -0.39 is 13.9 Å². The van der Waals surface area contributed by atoms with Crippen molar-refractivity contribution >= 4 is 13.8 Å². The largest absolute Gasteiger partial charge is 0.756 e. The van der Waals surface area contributed by atoms with Crippen LogP contribution in [-0.2, 0) is 27.9 Å². The van der Waals surface area contributed by atoms with Crippen molar-refractivity contribution in [3.05, 3.63) is 36.5 Å². The molecule has 2 unspecified atom stereocenters. The number of quaternary nitrogens is 1. The number of ether oxygens (including phenoxy) is 2. The Morgan fingerprint density at radius 3 is 1.34 bits per heavy atom. The van der Waals surface area contributed by atoms with Crippen molar-refractivity contribution in [2.45, 2.75) is 264 Å². The van der Waals surface area contributed by atoms with Gasteiger partial charge < -0.3 is 27.9 Å². The number of allylic oxidation sites excluding steroid dienone is 6. The molecule has 0 aliphatic heterocycles. The first kappa shape index (κ1) is 63.7. The minimum Gasteiger partial charge on any atom is -0.756 e. The van der Waals surface area contributed by atoms with Crippen molar-refractivity contribution in [2.24, 2.45) is 0 Å². The van der Waals surface area contributed by atoms with Crippen LogP contribution in [0.1, 0.15) is 258 Å². The summed E-state index contributed by atoms with van der Waals surface area (Å²) in [5, 5.41) is 0. The third kappa shape index (κ3) is 53.5. The molecule has 8 nitrogen and oxygen atoms in total. The van der Waals surface area contributed by atoms with E-state index in [1.807, 2.05) is 21.1 Å². The molecule has 0 bridgehead atoms. The van der Waals surface area contributed by atoms with Gasteiger partial charge in [0.05, 0.1) is 34.4 Å². The normalized spacial score (nSPS) is 13.8. The second-order valence-corrected chi connectivity index (χ2v) is 21.3. The Morgan fingerprint density at radius 1 is 0.492 bits per heavy atom. The van der Waals surface area contributed by atoms with Gasteiger partial charge in [0.25, 0.3) is 7.82 Å². The van der Waals surface area contributed by atoms with Gasteiger partial charge in [-0.15, -0.1) is 0 Å². The molecule has 0 amide bonds. The maximum Gasteiger partial charge on any atom is 0.306 e. The topological polar surface area (TPSA) is 94.1 Å². The smallest absolute Gasteiger partial charge is 0.306 e. The van der Waals surface area contributed by atoms with Crippen LogP contribution in [0.4, 0.5) is 0 Å². The van der Waals surface area contributed by atoms with E-state index in [2.05, 4.69) is 50.3 Å². The van der Waals surface area contributed by atoms with Crippen LogP contribution in [0.2, 0.25) is 0 Å². The quantitative estimate of drug-likeness (QED) is 0.0197. The average molecular weight is 938 g/mol. The van der Waals surface area contributed by atoms with Crippen LogP contribution in [0.15, 0.2) is 36.5 Å². The van der Waals surface area contributed by atoms with E-state index in [0.29, 0.717) is 24.1 Å². The van der Waals surface area contributed by atoms with Crippen LogP contribution in [-0.4, -0.2) is 70.7 Å². The van der Waals surface area contributed by atoms with Gasteiger partial charge in [0.2, 0.25) is 0 Å². The summed E-state index contributed by atoms with van der Waals surface area (Å²) in [5.74, 6) is -0.340. The van der Waals surface area contributed by atoms with Crippen molar-refractivity contribution < 1.29 is 37.3 Å². The van der Waals surface area contributed by atoms with E-state index in [-0.39, 0.29) is 25.8 Å². The van der Waals surface area contributed by atoms with E-state index >= 15 is 0 Å². The fourth-order valence-electron chi connectivity index (χ4n) is 7.98. The number of likely N-dealkylation sites (N-methyl/N-ethyl adjacent to an activating group) is 1. The monoisotopic (exact) mass is 938 g/mol. The molecule has 384 valence electrons. The number of carbonyl (C=O) groups excluding carboxylic acids is 1. The Balaban J connectivity index is 4.02. The van der Waals surface area contributed by atoms with Gasteiger partial charge in [-0.25, -0.2) is 0 Å². The SMILES string of the molecule is CC/C=C\C/C=C\C/C=C\CCCCCCCCCC(=O)OC(COCCCCCCCCCCCCCCCCCCCCCCCCCCCC)COP(=O)([O-])OCC[N+](C)(C)C. The lowest BCUT2D eigenvalue weighted by molar-refractivity contribution is -0.870. The van der Waals surface area contributed by atoms with Gasteiger partial charge in [-0.2, -0.15) is 0 Å². The zero-order valence-corrected chi connectivity index (χ0v) is 44.6. The van der Waals surface area contributed by atoms with Crippen molar-refractivity contribution in [1.29, 1.82) is 0 Å². The van der Waals surface area contributed by atoms with Crippen molar-refractivity contribution in [3.8, 4) is 0 Å². The molecule has 0 radical (unpaired) electrons. The number of nitrogens with zero attached hydrogens (tertiary/aromatic N) is 1. The van der Waals surface area contributed by atoms with E-state index in [0.717, 1.165) is 57.8 Å². The van der Waals surface area contributed by atoms with E-state index in [1.54, 1.807) is 0 Å². The number of esters is 1. The molecule has 0 saturated carbocycles. The molecular formula is C56H108NO7P. The Morgan fingerprint density at radius 2 is 0.892 bits per heavy atom. The lowest BCUT2D eigenvalue weighted by Gasteiger charge is -2.28. The van der Waals surface area contributed by atoms with Crippen molar-refractivity contribution in [2.75, 3.05) is 54.1 Å². The van der Waals surface area contributed by atoms with Gasteiger partial charge in [-0.05, 0) is 44.9 Å². The molecule has 0 aliphatic rings. The Bertz CT molecular complexity index is 1140. The van der Waals surface area contributed by atoms with Crippen LogP contribution >= 0.6 is 7.82 Å². The van der Waals surface area contributed by atoms with Gasteiger partial charge in [0.15, 0.2) is 0 Å². The van der Waals surface area contributed by atoms with E-state index in [9.17, 15) is 14.3 Å². The molecule has 0 heterocycles. The first-order valence-corrected chi connectivity index (χ1v) is 29.2. The minimum atomic E-state index is -4.53. The fraction of sp³-hybridized carbons (Fsp3) is 0.875. The highest BCUT2D eigenvalue weighted by Crippen LogP contribution is 2.38. The van der Waals surface area contributed by atoms with Crippen LogP contribution < -0.4 is 4.89 Å². The van der Waals surface area contributed by atoms with E-state index in [1.165, 1.54) is 180 Å². The van der Waals surface area contributed by atoms with Crippen molar-refractivity contribution in [1.82, 2.24) is 0 Å². The first-order chi connectivity index (χ1) is 31.6. The minimum absolute atomic E-state index is 0.0251. The number of unbranched alkanes of at least 4 members (excludes halogenated alkanes) is 32. The highest BCUT2D eigenvalue weighted by atomic mass is 31.2. The number of phosphoric acid groups is 1. The molecule has 0 aliphatic carbocycles. The summed E-state index contributed by atoms with van der Waals surface area (Å²) in [6.45, 7) is 5.34. The van der Waals surface area contributed by atoms with Crippen LogP contribution in [0, 0.1) is 0 Å². The maximum absolute atomic E-state index is 12.8. The standard InChI is InChI=1S/C56H108NO7P/c1-6-8-10-12-14-16-18-20-22-24-25-26-27-28-29-30-31-32-34-36-38-40-42-44-46-48-51-61-53-55(54-63-65(59,60)62-52-50-57(3,4)5)64-56(58)49-47-45-43-41-39-37-35-33-23-21-19-17-15-13-11-9-7-2/h9,11,15,17,21,23,55H,6-8,10,12-14,16,18-20,22,24-54H2,1-5H3/b11-9-,17-15-,23-21-. The molecule has 0 aromatic rings. The molecular weight excluding hydrogens is 830 g/mol. The summed E-state index contributed by atoms with van der Waals surface area (Å²) >= 11 is 0. The Hall–Kier alpha value is -1.28. The number of rotatable bonds is 52. The molecule has 0 aromatic heterocycles. The summed E-state index contributed by atoms with van der Waals surface area (Å²) in [5.41, 5.74) is 0. The molecule has 0 spiro atoms. The zero-order valence-electron chi connectivity index (χ0n) is 43.7. The molecule has 0 fully saturated rings. The second kappa shape index (κ2) is 49.2. The van der Waals surface area contributed by atoms with Gasteiger partial charge in [-0.1, -0.05) is 243 Å². The molecule has 65 heavy (non-hydrogen) atoms. The number of carbonyl (C=O) groups is 1. The van der Waals surface area contributed by atoms with Gasteiger partial charge in [0.1, 0.15) is 19.3 Å². The zero-order chi connectivity index (χ0) is 47.6.